The molecule has 1 amide bonds. The third-order valence-corrected chi connectivity index (χ3v) is 4.84. The second kappa shape index (κ2) is 8.32. The molecule has 26 heavy (non-hydrogen) atoms. The van der Waals surface area contributed by atoms with E-state index in [1.165, 1.54) is 0 Å². The minimum absolute atomic E-state index is 0.0536. The summed E-state index contributed by atoms with van der Waals surface area (Å²) in [5, 5.41) is 0. The molecular formula is C21H26N2O3. The molecule has 2 heterocycles. The first-order valence-corrected chi connectivity index (χ1v) is 9.00. The second-order valence-corrected chi connectivity index (χ2v) is 6.77. The summed E-state index contributed by atoms with van der Waals surface area (Å²) in [6.07, 6.45) is 2.04. The van der Waals surface area contributed by atoms with Crippen LogP contribution < -0.4 is 4.74 Å². The lowest BCUT2D eigenvalue weighted by atomic mass is 9.92. The van der Waals surface area contributed by atoms with E-state index in [0.717, 1.165) is 47.7 Å². The number of aromatic nitrogens is 1. The lowest BCUT2D eigenvalue weighted by Crippen LogP contribution is -2.41. The maximum Gasteiger partial charge on any atom is 0.248 e. The van der Waals surface area contributed by atoms with Crippen LogP contribution in [0.3, 0.4) is 0 Å². The highest BCUT2D eigenvalue weighted by Crippen LogP contribution is 2.30. The van der Waals surface area contributed by atoms with Crippen molar-refractivity contribution in [2.45, 2.75) is 25.7 Å². The average molecular weight is 354 g/mol. The zero-order chi connectivity index (χ0) is 18.5. The Morgan fingerprint density at radius 2 is 2.08 bits per heavy atom. The maximum absolute atomic E-state index is 12.2. The lowest BCUT2D eigenvalue weighted by molar-refractivity contribution is -0.136. The van der Waals surface area contributed by atoms with Crippen LogP contribution in [0.15, 0.2) is 36.4 Å². The highest BCUT2D eigenvalue weighted by Gasteiger charge is 2.26. The van der Waals surface area contributed by atoms with Gasteiger partial charge in [-0.15, -0.1) is 0 Å². The first-order valence-electron chi connectivity index (χ1n) is 9.00. The number of aryl methyl sites for hydroxylation is 1. The van der Waals surface area contributed by atoms with Crippen LogP contribution in [0.25, 0.3) is 11.1 Å². The highest BCUT2D eigenvalue weighted by atomic mass is 16.5. The Morgan fingerprint density at radius 3 is 2.85 bits per heavy atom. The van der Waals surface area contributed by atoms with Gasteiger partial charge in [0, 0.05) is 37.5 Å². The number of carbonyl (C=O) groups is 1. The lowest BCUT2D eigenvalue weighted by Gasteiger charge is -2.32. The number of amides is 1. The average Bonchev–Trinajstić information content (AvgIpc) is 2.68. The van der Waals surface area contributed by atoms with Gasteiger partial charge in [-0.2, -0.15) is 0 Å². The molecule has 5 nitrogen and oxygen atoms in total. The van der Waals surface area contributed by atoms with E-state index in [4.69, 9.17) is 14.5 Å². The summed E-state index contributed by atoms with van der Waals surface area (Å²) in [6, 6.07) is 12.3. The normalized spacial score (nSPS) is 17.2. The molecule has 0 bridgehead atoms. The first-order chi connectivity index (χ1) is 12.6. The second-order valence-electron chi connectivity index (χ2n) is 6.77. The minimum atomic E-state index is 0.0536. The Balaban J connectivity index is 1.86. The van der Waals surface area contributed by atoms with Gasteiger partial charge in [0.1, 0.15) is 12.4 Å². The Labute approximate surface area is 155 Å². The van der Waals surface area contributed by atoms with Gasteiger partial charge in [0.25, 0.3) is 0 Å². The molecule has 2 aromatic rings. The van der Waals surface area contributed by atoms with Gasteiger partial charge in [0.2, 0.25) is 5.91 Å². The van der Waals surface area contributed by atoms with Crippen LogP contribution in [0.5, 0.6) is 5.75 Å². The number of methoxy groups -OCH3 is 2. The summed E-state index contributed by atoms with van der Waals surface area (Å²) in [5.74, 6) is 1.15. The van der Waals surface area contributed by atoms with Crippen molar-refractivity contribution in [3.63, 3.8) is 0 Å². The predicted molar refractivity (Wildman–Crippen MR) is 101 cm³/mol. The molecule has 5 heteroatoms. The number of likely N-dealkylation sites (tertiary alicyclic amines) is 1. The van der Waals surface area contributed by atoms with Crippen molar-refractivity contribution in [1.29, 1.82) is 0 Å². The maximum atomic E-state index is 12.2. The number of hydrogen-bond acceptors (Lipinski definition) is 4. The van der Waals surface area contributed by atoms with Gasteiger partial charge >= 0.3 is 0 Å². The van der Waals surface area contributed by atoms with Gasteiger partial charge in [0.05, 0.1) is 7.11 Å². The van der Waals surface area contributed by atoms with E-state index in [1.54, 1.807) is 14.2 Å². The van der Waals surface area contributed by atoms with Crippen molar-refractivity contribution < 1.29 is 14.3 Å². The molecule has 3 rings (SSSR count). The standard InChI is InChI=1S/C21H26N2O3/c1-15-10-18(16-6-4-8-19(11-16)26-3)12-20(22-15)17-7-5-9-23(13-17)21(24)14-25-2/h4,6,8,10-12,17H,5,7,9,13-14H2,1-3H3. The van der Waals surface area contributed by atoms with Gasteiger partial charge in [-0.1, -0.05) is 12.1 Å². The molecule has 1 aliphatic heterocycles. The smallest absolute Gasteiger partial charge is 0.248 e. The number of nitrogens with zero attached hydrogens (tertiary/aromatic N) is 2. The summed E-state index contributed by atoms with van der Waals surface area (Å²) < 4.78 is 10.3. The molecule has 1 fully saturated rings. The molecule has 138 valence electrons. The summed E-state index contributed by atoms with van der Waals surface area (Å²) in [4.78, 5) is 18.8. The molecular weight excluding hydrogens is 328 g/mol. The molecule has 1 aliphatic rings. The summed E-state index contributed by atoms with van der Waals surface area (Å²) >= 11 is 0. The fraction of sp³-hybridized carbons (Fsp3) is 0.429. The molecule has 0 N–H and O–H groups in total. The van der Waals surface area contributed by atoms with Crippen LogP contribution in [-0.4, -0.2) is 49.7 Å². The number of carbonyl (C=O) groups excluding carboxylic acids is 1. The Kier molecular flexibility index (Phi) is 5.89. The summed E-state index contributed by atoms with van der Waals surface area (Å²) in [7, 11) is 3.23. The SMILES string of the molecule is COCC(=O)N1CCCC(c2cc(-c3cccc(OC)c3)cc(C)n2)C1. The van der Waals surface area contributed by atoms with Gasteiger partial charge in [-0.3, -0.25) is 9.78 Å². The molecule has 1 unspecified atom stereocenters. The number of hydrogen-bond donors (Lipinski definition) is 0. The van der Waals surface area contributed by atoms with Crippen LogP contribution in [0.1, 0.15) is 30.1 Å². The summed E-state index contributed by atoms with van der Waals surface area (Å²) in [5.41, 5.74) is 4.28. The van der Waals surface area contributed by atoms with Crippen LogP contribution in [0, 0.1) is 6.92 Å². The monoisotopic (exact) mass is 354 g/mol. The van der Waals surface area contributed by atoms with Crippen molar-refractivity contribution in [1.82, 2.24) is 9.88 Å². The number of rotatable bonds is 5. The molecule has 1 atom stereocenters. The topological polar surface area (TPSA) is 51.7 Å². The Hall–Kier alpha value is -2.40. The first kappa shape index (κ1) is 18.4. The van der Waals surface area contributed by atoms with E-state index in [0.29, 0.717) is 6.54 Å². The third kappa shape index (κ3) is 4.22. The molecule has 0 saturated carbocycles. The van der Waals surface area contributed by atoms with Crippen LogP contribution in [0.4, 0.5) is 0 Å². The molecule has 1 saturated heterocycles. The van der Waals surface area contributed by atoms with Crippen molar-refractivity contribution in [2.24, 2.45) is 0 Å². The highest BCUT2D eigenvalue weighted by molar-refractivity contribution is 5.77. The van der Waals surface area contributed by atoms with Gasteiger partial charge in [-0.25, -0.2) is 0 Å². The van der Waals surface area contributed by atoms with E-state index in [9.17, 15) is 4.79 Å². The minimum Gasteiger partial charge on any atom is -0.497 e. The van der Waals surface area contributed by atoms with Gasteiger partial charge in [0.15, 0.2) is 0 Å². The van der Waals surface area contributed by atoms with E-state index in [-0.39, 0.29) is 18.4 Å². The summed E-state index contributed by atoms with van der Waals surface area (Å²) in [6.45, 7) is 3.66. The predicted octanol–water partition coefficient (Wildman–Crippen LogP) is 3.42. The molecule has 0 radical (unpaired) electrons. The number of benzene rings is 1. The van der Waals surface area contributed by atoms with Crippen LogP contribution in [0.2, 0.25) is 0 Å². The number of ether oxygens (including phenoxy) is 2. The zero-order valence-electron chi connectivity index (χ0n) is 15.7. The zero-order valence-corrected chi connectivity index (χ0v) is 15.7. The van der Waals surface area contributed by atoms with Crippen molar-refractivity contribution in [3.05, 3.63) is 47.8 Å². The Bertz CT molecular complexity index is 776. The van der Waals surface area contributed by atoms with Gasteiger partial charge < -0.3 is 14.4 Å². The van der Waals surface area contributed by atoms with E-state index < -0.39 is 0 Å². The largest absolute Gasteiger partial charge is 0.497 e. The van der Waals surface area contributed by atoms with E-state index in [2.05, 4.69) is 18.2 Å². The molecule has 0 aliphatic carbocycles. The van der Waals surface area contributed by atoms with Crippen LogP contribution >= 0.6 is 0 Å². The van der Waals surface area contributed by atoms with Crippen LogP contribution in [-0.2, 0) is 9.53 Å². The Morgan fingerprint density at radius 1 is 1.23 bits per heavy atom. The fourth-order valence-electron chi connectivity index (χ4n) is 3.53. The van der Waals surface area contributed by atoms with Crippen molar-refractivity contribution in [2.75, 3.05) is 33.9 Å². The quantitative estimate of drug-likeness (QED) is 0.826. The molecule has 1 aromatic heterocycles. The number of pyridine rings is 1. The molecule has 0 spiro atoms. The van der Waals surface area contributed by atoms with Crippen molar-refractivity contribution in [3.8, 4) is 16.9 Å². The van der Waals surface area contributed by atoms with E-state index >= 15 is 0 Å². The van der Waals surface area contributed by atoms with E-state index in [1.807, 2.05) is 30.0 Å². The fourth-order valence-corrected chi connectivity index (χ4v) is 3.53. The third-order valence-electron chi connectivity index (χ3n) is 4.84. The molecule has 1 aromatic carbocycles. The number of piperidine rings is 1. The van der Waals surface area contributed by atoms with Gasteiger partial charge in [-0.05, 0) is 55.2 Å². The van der Waals surface area contributed by atoms with Crippen molar-refractivity contribution >= 4 is 5.91 Å².